The summed E-state index contributed by atoms with van der Waals surface area (Å²) in [6.45, 7) is 9.25. The Kier molecular flexibility index (Phi) is 10.9. The molecule has 0 unspecified atom stereocenters. The molecular weight excluding hydrogens is 192 g/mol. The molecule has 3 heteroatoms. The Bertz CT molecular complexity index is 143. The molecule has 2 N–H and O–H groups in total. The molecule has 0 aromatic rings. The Morgan fingerprint density at radius 1 is 1.00 bits per heavy atom. The van der Waals surface area contributed by atoms with E-state index in [1.165, 1.54) is 38.5 Å². The maximum Gasteiger partial charge on any atom is 0.503 e. The lowest BCUT2D eigenvalue weighted by Gasteiger charge is -2.17. The van der Waals surface area contributed by atoms with Gasteiger partial charge < -0.3 is 10.2 Å². The van der Waals surface area contributed by atoms with Gasteiger partial charge >= 0.3 is 6.16 Å². The monoisotopic (exact) mass is 218 g/mol. The van der Waals surface area contributed by atoms with E-state index in [0.717, 1.165) is 0 Å². The van der Waals surface area contributed by atoms with Crippen molar-refractivity contribution < 1.29 is 15.0 Å². The molecule has 0 aliphatic rings. The molecular formula is C12H26O3. The van der Waals surface area contributed by atoms with Gasteiger partial charge in [-0.25, -0.2) is 4.79 Å². The van der Waals surface area contributed by atoms with Crippen molar-refractivity contribution in [2.45, 2.75) is 66.2 Å². The van der Waals surface area contributed by atoms with Crippen LogP contribution in [0.3, 0.4) is 0 Å². The second-order valence-electron chi connectivity index (χ2n) is 5.01. The number of carbonyl (C=O) groups is 1. The van der Waals surface area contributed by atoms with Gasteiger partial charge in [0.05, 0.1) is 0 Å². The summed E-state index contributed by atoms with van der Waals surface area (Å²) in [5.41, 5.74) is 0.548. The third kappa shape index (κ3) is 31.9. The first-order valence-corrected chi connectivity index (χ1v) is 5.71. The maximum absolute atomic E-state index is 8.56. The van der Waals surface area contributed by atoms with Gasteiger partial charge in [0.2, 0.25) is 0 Å². The minimum atomic E-state index is -1.83. The van der Waals surface area contributed by atoms with Crippen molar-refractivity contribution in [3.63, 3.8) is 0 Å². The highest BCUT2D eigenvalue weighted by molar-refractivity contribution is 5.53. The summed E-state index contributed by atoms with van der Waals surface area (Å²) >= 11 is 0. The lowest BCUT2D eigenvalue weighted by Crippen LogP contribution is -2.03. The van der Waals surface area contributed by atoms with E-state index in [1.54, 1.807) is 0 Å². The second-order valence-corrected chi connectivity index (χ2v) is 5.01. The van der Waals surface area contributed by atoms with Crippen LogP contribution < -0.4 is 0 Å². The van der Waals surface area contributed by atoms with E-state index >= 15 is 0 Å². The molecule has 0 aliphatic carbocycles. The zero-order valence-electron chi connectivity index (χ0n) is 10.5. The predicted octanol–water partition coefficient (Wildman–Crippen LogP) is 4.62. The SMILES string of the molecule is CCCCCCCC(C)(C)C.O=C(O)O. The molecule has 0 atom stereocenters. The summed E-state index contributed by atoms with van der Waals surface area (Å²) < 4.78 is 0. The predicted molar refractivity (Wildman–Crippen MR) is 63.5 cm³/mol. The highest BCUT2D eigenvalue weighted by Crippen LogP contribution is 2.22. The van der Waals surface area contributed by atoms with Gasteiger partial charge in [-0.1, -0.05) is 59.8 Å². The summed E-state index contributed by atoms with van der Waals surface area (Å²) in [4.78, 5) is 8.56. The van der Waals surface area contributed by atoms with Gasteiger partial charge in [-0.15, -0.1) is 0 Å². The summed E-state index contributed by atoms with van der Waals surface area (Å²) in [7, 11) is 0. The third-order valence-electron chi connectivity index (χ3n) is 2.03. The van der Waals surface area contributed by atoms with Crippen molar-refractivity contribution in [2.75, 3.05) is 0 Å². The van der Waals surface area contributed by atoms with Crippen molar-refractivity contribution in [1.29, 1.82) is 0 Å². The normalized spacial score (nSPS) is 10.4. The first-order chi connectivity index (χ1) is 6.79. The van der Waals surface area contributed by atoms with Crippen molar-refractivity contribution in [1.82, 2.24) is 0 Å². The molecule has 0 saturated heterocycles. The largest absolute Gasteiger partial charge is 0.503 e. The number of unbranched alkanes of at least 4 members (excludes halogenated alkanes) is 4. The summed E-state index contributed by atoms with van der Waals surface area (Å²) in [5, 5.41) is 13.9. The Balaban J connectivity index is 0. The van der Waals surface area contributed by atoms with Gasteiger partial charge in [-0.05, 0) is 11.8 Å². The Labute approximate surface area is 93.5 Å². The fourth-order valence-electron chi connectivity index (χ4n) is 1.26. The highest BCUT2D eigenvalue weighted by Gasteiger charge is 2.08. The van der Waals surface area contributed by atoms with Crippen molar-refractivity contribution in [3.05, 3.63) is 0 Å². The van der Waals surface area contributed by atoms with Crippen molar-refractivity contribution >= 4 is 6.16 Å². The summed E-state index contributed by atoms with van der Waals surface area (Å²) in [6.07, 6.45) is 6.62. The minimum Gasteiger partial charge on any atom is -0.450 e. The van der Waals surface area contributed by atoms with E-state index in [1.807, 2.05) is 0 Å². The van der Waals surface area contributed by atoms with E-state index in [9.17, 15) is 0 Å². The molecule has 0 fully saturated rings. The molecule has 0 spiro atoms. The van der Waals surface area contributed by atoms with Gasteiger partial charge in [0, 0.05) is 0 Å². The number of hydrogen-bond acceptors (Lipinski definition) is 1. The van der Waals surface area contributed by atoms with Gasteiger partial charge in [-0.3, -0.25) is 0 Å². The van der Waals surface area contributed by atoms with Crippen LogP contribution in [0.15, 0.2) is 0 Å². The Morgan fingerprint density at radius 3 is 1.73 bits per heavy atom. The van der Waals surface area contributed by atoms with Crippen LogP contribution in [0.2, 0.25) is 0 Å². The average molecular weight is 218 g/mol. The van der Waals surface area contributed by atoms with Gasteiger partial charge in [-0.2, -0.15) is 0 Å². The lowest BCUT2D eigenvalue weighted by atomic mass is 9.89. The summed E-state index contributed by atoms with van der Waals surface area (Å²) in [5.74, 6) is 0. The molecule has 0 aliphatic heterocycles. The molecule has 0 heterocycles. The van der Waals surface area contributed by atoms with Crippen LogP contribution in [0.1, 0.15) is 66.2 Å². The highest BCUT2D eigenvalue weighted by atomic mass is 16.6. The van der Waals surface area contributed by atoms with Crippen molar-refractivity contribution in [2.24, 2.45) is 5.41 Å². The number of hydrogen-bond donors (Lipinski definition) is 2. The average Bonchev–Trinajstić information content (AvgIpc) is 2.01. The zero-order chi connectivity index (χ0) is 12.3. The van der Waals surface area contributed by atoms with E-state index in [0.29, 0.717) is 5.41 Å². The number of rotatable bonds is 5. The van der Waals surface area contributed by atoms with Crippen LogP contribution in [-0.2, 0) is 0 Å². The fourth-order valence-corrected chi connectivity index (χ4v) is 1.26. The van der Waals surface area contributed by atoms with Gasteiger partial charge in [0.1, 0.15) is 0 Å². The topological polar surface area (TPSA) is 57.5 Å². The minimum absolute atomic E-state index is 0.548. The molecule has 15 heavy (non-hydrogen) atoms. The lowest BCUT2D eigenvalue weighted by molar-refractivity contribution is 0.137. The number of carboxylic acid groups (broad SMARTS) is 2. The van der Waals surface area contributed by atoms with E-state index in [4.69, 9.17) is 15.0 Å². The van der Waals surface area contributed by atoms with Crippen LogP contribution in [0.25, 0.3) is 0 Å². The molecule has 0 bridgehead atoms. The standard InChI is InChI=1S/C11H24.CH2O3/c1-5-6-7-8-9-10-11(2,3)4;2-1(3)4/h5-10H2,1-4H3;(H2,2,3,4). The van der Waals surface area contributed by atoms with Crippen LogP contribution in [0.5, 0.6) is 0 Å². The van der Waals surface area contributed by atoms with Gasteiger partial charge in [0.15, 0.2) is 0 Å². The quantitative estimate of drug-likeness (QED) is 0.662. The molecule has 0 aromatic carbocycles. The van der Waals surface area contributed by atoms with E-state index < -0.39 is 6.16 Å². The smallest absolute Gasteiger partial charge is 0.450 e. The summed E-state index contributed by atoms with van der Waals surface area (Å²) in [6, 6.07) is 0. The van der Waals surface area contributed by atoms with Crippen LogP contribution >= 0.6 is 0 Å². The molecule has 0 amide bonds. The molecule has 0 saturated carbocycles. The Hall–Kier alpha value is -0.730. The first kappa shape index (κ1) is 16.7. The molecule has 0 rings (SSSR count). The van der Waals surface area contributed by atoms with Crippen LogP contribution in [-0.4, -0.2) is 16.4 Å². The zero-order valence-corrected chi connectivity index (χ0v) is 10.5. The molecule has 0 radical (unpaired) electrons. The van der Waals surface area contributed by atoms with Crippen LogP contribution in [0.4, 0.5) is 4.79 Å². The van der Waals surface area contributed by atoms with E-state index in [2.05, 4.69) is 27.7 Å². The molecule has 0 aromatic heterocycles. The first-order valence-electron chi connectivity index (χ1n) is 5.71. The van der Waals surface area contributed by atoms with Crippen molar-refractivity contribution in [3.8, 4) is 0 Å². The fraction of sp³-hybridized carbons (Fsp3) is 0.917. The maximum atomic E-state index is 8.56. The Morgan fingerprint density at radius 2 is 1.40 bits per heavy atom. The third-order valence-corrected chi connectivity index (χ3v) is 2.03. The van der Waals surface area contributed by atoms with E-state index in [-0.39, 0.29) is 0 Å². The second kappa shape index (κ2) is 9.81. The molecule has 3 nitrogen and oxygen atoms in total. The molecule has 92 valence electrons. The van der Waals surface area contributed by atoms with Crippen LogP contribution in [0, 0.1) is 5.41 Å². The van der Waals surface area contributed by atoms with Gasteiger partial charge in [0.25, 0.3) is 0 Å².